The number of fused-ring (bicyclic) bond motifs is 1. The van der Waals surface area contributed by atoms with Gasteiger partial charge in [-0.3, -0.25) is 4.68 Å². The van der Waals surface area contributed by atoms with Gasteiger partial charge in [0.15, 0.2) is 11.5 Å². The predicted octanol–water partition coefficient (Wildman–Crippen LogP) is 5.37. The van der Waals surface area contributed by atoms with E-state index in [0.717, 1.165) is 37.1 Å². The van der Waals surface area contributed by atoms with Gasteiger partial charge in [0.05, 0.1) is 29.8 Å². The molecule has 3 aromatic heterocycles. The highest BCUT2D eigenvalue weighted by Gasteiger charge is 2.37. The van der Waals surface area contributed by atoms with Gasteiger partial charge in [-0.15, -0.1) is 0 Å². The van der Waals surface area contributed by atoms with Crippen molar-refractivity contribution in [2.75, 3.05) is 5.32 Å². The number of aromatic nitrogens is 6. The van der Waals surface area contributed by atoms with Gasteiger partial charge in [0, 0.05) is 18.3 Å². The molecule has 2 atom stereocenters. The monoisotopic (exact) mass is 492 g/mol. The van der Waals surface area contributed by atoms with Gasteiger partial charge < -0.3 is 15.0 Å². The maximum absolute atomic E-state index is 12.8. The Hall–Kier alpha value is -3.43. The van der Waals surface area contributed by atoms with Crippen molar-refractivity contribution in [3.05, 3.63) is 36.7 Å². The van der Waals surface area contributed by atoms with Crippen molar-refractivity contribution in [3.8, 4) is 0 Å². The molecule has 1 fully saturated rings. The van der Waals surface area contributed by atoms with Crippen molar-refractivity contribution in [2.45, 2.75) is 96.9 Å². The maximum atomic E-state index is 12.8. The molecular formula is C26H36N8O2. The van der Waals surface area contributed by atoms with Crippen LogP contribution in [0.2, 0.25) is 0 Å². The first-order valence-corrected chi connectivity index (χ1v) is 12.9. The highest BCUT2D eigenvalue weighted by atomic mass is 16.6. The number of nitrogens with zero attached hydrogens (tertiary/aromatic N) is 7. The quantitative estimate of drug-likeness (QED) is 0.522. The zero-order valence-electron chi connectivity index (χ0n) is 21.8. The van der Waals surface area contributed by atoms with Gasteiger partial charge in [0.2, 0.25) is 0 Å². The van der Waals surface area contributed by atoms with Crippen LogP contribution in [-0.2, 0) is 4.74 Å². The second kappa shape index (κ2) is 9.55. The van der Waals surface area contributed by atoms with E-state index in [-0.39, 0.29) is 24.2 Å². The minimum absolute atomic E-state index is 0.0481. The summed E-state index contributed by atoms with van der Waals surface area (Å²) in [5.41, 5.74) is 3.20. The standard InChI is InChI=1S/C26H36N8O2/c1-17-11-21(12-18(2)34(17)25(35)36-26(3,4)5)32-14-20(13-28-32)30-23-24-27-16-29-33(24)15-22(31-23)19-9-7-6-8-10-19/h9,13-18,21H,6-8,10-12H2,1-5H3,(H,30,31)/t17-,18-/m0/s1. The lowest BCUT2D eigenvalue weighted by molar-refractivity contribution is -0.00692. The molecule has 1 saturated heterocycles. The highest BCUT2D eigenvalue weighted by Crippen LogP contribution is 2.33. The zero-order valence-corrected chi connectivity index (χ0v) is 21.8. The van der Waals surface area contributed by atoms with Crippen LogP contribution in [0.1, 0.15) is 84.9 Å². The molecule has 3 aromatic rings. The Bertz CT molecular complexity index is 1260. The Morgan fingerprint density at radius 3 is 2.58 bits per heavy atom. The Balaban J connectivity index is 1.32. The van der Waals surface area contributed by atoms with Crippen molar-refractivity contribution < 1.29 is 9.53 Å². The fourth-order valence-corrected chi connectivity index (χ4v) is 5.31. The lowest BCUT2D eigenvalue weighted by atomic mass is 9.93. The lowest BCUT2D eigenvalue weighted by Crippen LogP contribution is -2.51. The third-order valence-corrected chi connectivity index (χ3v) is 6.90. The molecule has 0 saturated carbocycles. The summed E-state index contributed by atoms with van der Waals surface area (Å²) in [4.78, 5) is 23.9. The summed E-state index contributed by atoms with van der Waals surface area (Å²) in [5, 5.41) is 12.4. The zero-order chi connectivity index (χ0) is 25.4. The number of likely N-dealkylation sites (tertiary alicyclic amines) is 1. The van der Waals surface area contributed by atoms with Crippen LogP contribution in [0.5, 0.6) is 0 Å². The first kappa shape index (κ1) is 24.3. The van der Waals surface area contributed by atoms with Crippen LogP contribution >= 0.6 is 0 Å². The van der Waals surface area contributed by atoms with Crippen molar-refractivity contribution in [1.82, 2.24) is 34.3 Å². The van der Waals surface area contributed by atoms with Gasteiger partial charge in [-0.1, -0.05) is 6.08 Å². The predicted molar refractivity (Wildman–Crippen MR) is 138 cm³/mol. The number of carbonyl (C=O) groups is 1. The van der Waals surface area contributed by atoms with E-state index in [0.29, 0.717) is 11.5 Å². The first-order chi connectivity index (χ1) is 17.2. The Kier molecular flexibility index (Phi) is 6.44. The minimum atomic E-state index is -0.509. The van der Waals surface area contributed by atoms with Crippen molar-refractivity contribution >= 4 is 28.8 Å². The molecule has 192 valence electrons. The SMILES string of the molecule is C[C@H]1CC(n2cc(Nc3nc(C4=CCCCC4)cn4ncnc34)cn2)C[C@H](C)N1C(=O)OC(C)(C)C. The van der Waals surface area contributed by atoms with E-state index in [4.69, 9.17) is 9.72 Å². The van der Waals surface area contributed by atoms with Crippen LogP contribution in [0.15, 0.2) is 31.0 Å². The number of hydrogen-bond acceptors (Lipinski definition) is 7. The van der Waals surface area contributed by atoms with Crippen LogP contribution in [0.4, 0.5) is 16.3 Å². The normalized spacial score (nSPS) is 23.0. The van der Waals surface area contributed by atoms with E-state index in [1.165, 1.54) is 18.4 Å². The largest absolute Gasteiger partial charge is 0.444 e. The molecule has 0 radical (unpaired) electrons. The fourth-order valence-electron chi connectivity index (χ4n) is 5.31. The highest BCUT2D eigenvalue weighted by molar-refractivity contribution is 5.73. The number of ether oxygens (including phenoxy) is 1. The molecule has 1 aliphatic heterocycles. The fraction of sp³-hybridized carbons (Fsp3) is 0.577. The maximum Gasteiger partial charge on any atom is 0.410 e. The number of piperidine rings is 1. The van der Waals surface area contributed by atoms with Gasteiger partial charge >= 0.3 is 6.09 Å². The molecule has 0 spiro atoms. The van der Waals surface area contributed by atoms with Crippen LogP contribution in [0, 0.1) is 0 Å². The number of allylic oxidation sites excluding steroid dienone is 2. The summed E-state index contributed by atoms with van der Waals surface area (Å²) >= 11 is 0. The van der Waals surface area contributed by atoms with E-state index in [2.05, 4.69) is 40.4 Å². The molecule has 0 aromatic carbocycles. The molecule has 10 nitrogen and oxygen atoms in total. The van der Waals surface area contributed by atoms with E-state index in [1.54, 1.807) is 10.8 Å². The first-order valence-electron chi connectivity index (χ1n) is 12.9. The average Bonchev–Trinajstić information content (AvgIpc) is 3.47. The lowest BCUT2D eigenvalue weighted by Gasteiger charge is -2.42. The summed E-state index contributed by atoms with van der Waals surface area (Å²) in [6, 6.07) is 0.280. The number of hydrogen-bond donors (Lipinski definition) is 1. The number of nitrogens with one attached hydrogen (secondary N) is 1. The molecule has 0 bridgehead atoms. The van der Waals surface area contributed by atoms with Crippen LogP contribution in [0.3, 0.4) is 0 Å². The third-order valence-electron chi connectivity index (χ3n) is 6.90. The minimum Gasteiger partial charge on any atom is -0.444 e. The van der Waals surface area contributed by atoms with E-state index >= 15 is 0 Å². The molecular weight excluding hydrogens is 456 g/mol. The van der Waals surface area contributed by atoms with E-state index in [9.17, 15) is 4.79 Å². The second-order valence-electron chi connectivity index (χ2n) is 11.0. The third kappa shape index (κ3) is 5.08. The number of rotatable bonds is 4. The van der Waals surface area contributed by atoms with Gasteiger partial charge in [-0.25, -0.2) is 19.3 Å². The summed E-state index contributed by atoms with van der Waals surface area (Å²) in [7, 11) is 0. The van der Waals surface area contributed by atoms with Gasteiger partial charge in [-0.2, -0.15) is 10.2 Å². The van der Waals surface area contributed by atoms with E-state index in [1.807, 2.05) is 48.9 Å². The van der Waals surface area contributed by atoms with Crippen LogP contribution in [-0.4, -0.2) is 58.0 Å². The summed E-state index contributed by atoms with van der Waals surface area (Å²) in [6.07, 6.45) is 15.5. The molecule has 2 aliphatic rings. The number of amides is 1. The van der Waals surface area contributed by atoms with Gasteiger partial charge in [0.1, 0.15) is 11.9 Å². The summed E-state index contributed by atoms with van der Waals surface area (Å²) in [6.45, 7) is 9.85. The Morgan fingerprint density at radius 1 is 1.11 bits per heavy atom. The molecule has 4 heterocycles. The summed E-state index contributed by atoms with van der Waals surface area (Å²) < 4.78 is 9.42. The Labute approximate surface area is 211 Å². The molecule has 5 rings (SSSR count). The smallest absolute Gasteiger partial charge is 0.410 e. The van der Waals surface area contributed by atoms with Gasteiger partial charge in [0.25, 0.3) is 0 Å². The number of anilines is 2. The molecule has 10 heteroatoms. The van der Waals surface area contributed by atoms with Crippen molar-refractivity contribution in [3.63, 3.8) is 0 Å². The second-order valence-corrected chi connectivity index (χ2v) is 11.0. The van der Waals surface area contributed by atoms with Crippen LogP contribution in [0.25, 0.3) is 11.2 Å². The van der Waals surface area contributed by atoms with Crippen molar-refractivity contribution in [2.24, 2.45) is 0 Å². The van der Waals surface area contributed by atoms with Crippen molar-refractivity contribution in [1.29, 1.82) is 0 Å². The average molecular weight is 493 g/mol. The molecule has 1 amide bonds. The molecule has 0 unspecified atom stereocenters. The molecule has 1 aliphatic carbocycles. The molecule has 1 N–H and O–H groups in total. The molecule has 36 heavy (non-hydrogen) atoms. The summed E-state index contributed by atoms with van der Waals surface area (Å²) in [5.74, 6) is 0.664. The van der Waals surface area contributed by atoms with E-state index < -0.39 is 5.60 Å². The Morgan fingerprint density at radius 2 is 1.89 bits per heavy atom. The topological polar surface area (TPSA) is 102 Å². The number of carbonyl (C=O) groups excluding carboxylic acids is 1. The van der Waals surface area contributed by atoms with Crippen LogP contribution < -0.4 is 5.32 Å². The van der Waals surface area contributed by atoms with Gasteiger partial charge in [-0.05, 0) is 78.7 Å².